The second kappa shape index (κ2) is 10.3. The summed E-state index contributed by atoms with van der Waals surface area (Å²) in [6.07, 6.45) is 3.82. The van der Waals surface area contributed by atoms with Crippen LogP contribution in [0.2, 0.25) is 0 Å². The largest absolute Gasteiger partial charge is 0.379 e. The van der Waals surface area contributed by atoms with E-state index in [4.69, 9.17) is 15.6 Å². The molecule has 0 aliphatic carbocycles. The number of aromatic amines is 1. The van der Waals surface area contributed by atoms with E-state index in [2.05, 4.69) is 14.9 Å². The van der Waals surface area contributed by atoms with Crippen LogP contribution >= 0.6 is 0 Å². The molecule has 1 fully saturated rings. The molecule has 1 saturated heterocycles. The van der Waals surface area contributed by atoms with Crippen molar-refractivity contribution in [2.45, 2.75) is 18.4 Å². The lowest BCUT2D eigenvalue weighted by Gasteiger charge is -2.28. The van der Waals surface area contributed by atoms with Gasteiger partial charge in [-0.1, -0.05) is 34.0 Å². The molecule has 11 nitrogen and oxygen atoms in total. The SMILES string of the molecule is Cc1nc2cc([N+]3(c4c(C=O)n(S(=O)(=O)c5ccccc5)c5cc(CN6CCOCC6)ccc45)N=CC=C3N)ccc2[nH]1. The van der Waals surface area contributed by atoms with Crippen LogP contribution in [0.15, 0.2) is 88.6 Å². The summed E-state index contributed by atoms with van der Waals surface area (Å²) in [5.74, 6) is 1.06. The molecule has 218 valence electrons. The number of nitrogens with one attached hydrogen (secondary N) is 1. The van der Waals surface area contributed by atoms with Gasteiger partial charge in [-0.3, -0.25) is 9.69 Å². The first-order chi connectivity index (χ1) is 20.8. The van der Waals surface area contributed by atoms with Gasteiger partial charge in [0.2, 0.25) is 11.5 Å². The summed E-state index contributed by atoms with van der Waals surface area (Å²) in [7, 11) is -4.21. The van der Waals surface area contributed by atoms with E-state index in [0.29, 0.717) is 59.7 Å². The van der Waals surface area contributed by atoms with E-state index in [-0.39, 0.29) is 10.6 Å². The van der Waals surface area contributed by atoms with Crippen LogP contribution in [0.1, 0.15) is 21.9 Å². The van der Waals surface area contributed by atoms with Crippen LogP contribution in [-0.4, -0.2) is 66.1 Å². The summed E-state index contributed by atoms with van der Waals surface area (Å²) in [6.45, 7) is 5.31. The molecule has 12 heteroatoms. The fourth-order valence-corrected chi connectivity index (χ4v) is 7.58. The van der Waals surface area contributed by atoms with Crippen LogP contribution in [0, 0.1) is 6.92 Å². The van der Waals surface area contributed by atoms with Crippen LogP contribution in [-0.2, 0) is 21.3 Å². The van der Waals surface area contributed by atoms with Crippen molar-refractivity contribution < 1.29 is 17.9 Å². The maximum atomic E-state index is 14.3. The molecule has 0 saturated carbocycles. The van der Waals surface area contributed by atoms with Crippen molar-refractivity contribution in [3.63, 3.8) is 0 Å². The molecule has 43 heavy (non-hydrogen) atoms. The van der Waals surface area contributed by atoms with E-state index in [1.54, 1.807) is 30.5 Å². The number of hydrogen-bond acceptors (Lipinski definition) is 8. The number of nitrogens with two attached hydrogens (primary N) is 1. The van der Waals surface area contributed by atoms with Crippen molar-refractivity contribution in [1.82, 2.24) is 23.4 Å². The Labute approximate surface area is 248 Å². The Hall–Kier alpha value is -4.62. The first-order valence-corrected chi connectivity index (χ1v) is 15.4. The zero-order chi connectivity index (χ0) is 29.8. The quantitative estimate of drug-likeness (QED) is 0.213. The number of ether oxygens (including phenoxy) is 1. The van der Waals surface area contributed by atoms with Gasteiger partial charge in [0, 0.05) is 37.8 Å². The minimum absolute atomic E-state index is 0.0592. The van der Waals surface area contributed by atoms with Crippen LogP contribution in [0.4, 0.5) is 11.4 Å². The number of aryl methyl sites for hydroxylation is 1. The Morgan fingerprint density at radius 3 is 2.58 bits per heavy atom. The number of rotatable bonds is 7. The molecule has 3 aromatic carbocycles. The standard InChI is InChI=1S/C31H30N7O4S/c1-21-34-26-10-8-23(18-27(26)35-21)38(30(32)11-12-33-38)31-25-9-7-22(19-36-13-15-42-16-14-36)17-28(25)37(29(31)20-39)43(40,41)24-5-3-2-4-6-24/h2-12,17-18,20H,13-16,19,32H2,1H3,(H,34,35)/q+1. The number of aromatic nitrogens is 3. The first kappa shape index (κ1) is 27.2. The third kappa shape index (κ3) is 4.29. The van der Waals surface area contributed by atoms with Crippen LogP contribution in [0.25, 0.3) is 21.9 Å². The maximum Gasteiger partial charge on any atom is 0.269 e. The molecule has 0 amide bonds. The van der Waals surface area contributed by atoms with Gasteiger partial charge in [-0.05, 0) is 42.8 Å². The highest BCUT2D eigenvalue weighted by molar-refractivity contribution is 7.90. The van der Waals surface area contributed by atoms with Gasteiger partial charge in [-0.15, -0.1) is 0 Å². The molecule has 2 aromatic heterocycles. The lowest BCUT2D eigenvalue weighted by atomic mass is 10.1. The number of quaternary nitrogens is 1. The zero-order valence-electron chi connectivity index (χ0n) is 23.5. The maximum absolute atomic E-state index is 14.3. The van der Waals surface area contributed by atoms with Gasteiger partial charge in [0.15, 0.2) is 17.7 Å². The van der Waals surface area contributed by atoms with E-state index in [1.165, 1.54) is 12.1 Å². The number of morpholine rings is 1. The van der Waals surface area contributed by atoms with Gasteiger partial charge in [0.1, 0.15) is 5.82 Å². The molecule has 7 rings (SSSR count). The Bertz CT molecular complexity index is 2060. The van der Waals surface area contributed by atoms with E-state index in [0.717, 1.165) is 34.0 Å². The summed E-state index contributed by atoms with van der Waals surface area (Å²) in [5, 5.41) is 5.36. The number of aldehydes is 1. The Morgan fingerprint density at radius 1 is 1.07 bits per heavy atom. The predicted octanol–water partition coefficient (Wildman–Crippen LogP) is 4.15. The number of carbonyl (C=O) groups excluding carboxylic acids is 1. The van der Waals surface area contributed by atoms with Crippen LogP contribution < -0.4 is 10.3 Å². The number of allylic oxidation sites excluding steroid dienone is 1. The highest BCUT2D eigenvalue weighted by atomic mass is 32.2. The smallest absolute Gasteiger partial charge is 0.269 e. The summed E-state index contributed by atoms with van der Waals surface area (Å²) in [4.78, 5) is 23.2. The molecule has 5 aromatic rings. The van der Waals surface area contributed by atoms with E-state index in [9.17, 15) is 13.2 Å². The third-order valence-electron chi connectivity index (χ3n) is 8.04. The highest BCUT2D eigenvalue weighted by Gasteiger charge is 2.47. The van der Waals surface area contributed by atoms with E-state index >= 15 is 0 Å². The number of hydrogen-bond donors (Lipinski definition) is 2. The molecule has 0 bridgehead atoms. The van der Waals surface area contributed by atoms with Gasteiger partial charge < -0.3 is 15.5 Å². The minimum Gasteiger partial charge on any atom is -0.379 e. The number of nitrogens with zero attached hydrogens (tertiary/aromatic N) is 5. The Balaban J connectivity index is 1.53. The van der Waals surface area contributed by atoms with Crippen molar-refractivity contribution in [2.24, 2.45) is 10.8 Å². The second-order valence-electron chi connectivity index (χ2n) is 10.7. The normalized spacial score (nSPS) is 19.3. The number of carbonyl (C=O) groups is 1. The average molecular weight is 597 g/mol. The van der Waals surface area contributed by atoms with Crippen molar-refractivity contribution in [1.29, 1.82) is 0 Å². The first-order valence-electron chi connectivity index (χ1n) is 13.9. The minimum atomic E-state index is -4.21. The third-order valence-corrected chi connectivity index (χ3v) is 9.78. The molecule has 0 radical (unpaired) electrons. The fraction of sp³-hybridized carbons (Fsp3) is 0.194. The molecule has 2 aliphatic heterocycles. The molecular formula is C31H30N7O4S+. The zero-order valence-corrected chi connectivity index (χ0v) is 24.3. The Morgan fingerprint density at radius 2 is 1.86 bits per heavy atom. The highest BCUT2D eigenvalue weighted by Crippen LogP contribution is 2.48. The number of imidazole rings is 1. The second-order valence-corrected chi connectivity index (χ2v) is 12.5. The molecule has 2 aliphatic rings. The van der Waals surface area contributed by atoms with Crippen molar-refractivity contribution in [2.75, 3.05) is 26.3 Å². The molecular weight excluding hydrogens is 566 g/mol. The van der Waals surface area contributed by atoms with Crippen molar-refractivity contribution in [3.8, 4) is 0 Å². The Kier molecular flexibility index (Phi) is 6.51. The van der Waals surface area contributed by atoms with Gasteiger partial charge in [-0.2, -0.15) is 0 Å². The number of fused-ring (bicyclic) bond motifs is 2. The average Bonchev–Trinajstić information content (AvgIpc) is 3.69. The van der Waals surface area contributed by atoms with Gasteiger partial charge >= 0.3 is 0 Å². The summed E-state index contributed by atoms with van der Waals surface area (Å²) in [5.41, 5.74) is 10.4. The summed E-state index contributed by atoms with van der Waals surface area (Å²) >= 11 is 0. The van der Waals surface area contributed by atoms with Crippen molar-refractivity contribution >= 4 is 55.8 Å². The summed E-state index contributed by atoms with van der Waals surface area (Å²) in [6, 6.07) is 19.4. The van der Waals surface area contributed by atoms with E-state index < -0.39 is 14.6 Å². The van der Waals surface area contributed by atoms with Gasteiger partial charge in [0.05, 0.1) is 46.3 Å². The number of benzene rings is 3. The fourth-order valence-electron chi connectivity index (χ4n) is 6.06. The van der Waals surface area contributed by atoms with Gasteiger partial charge in [0.25, 0.3) is 10.0 Å². The van der Waals surface area contributed by atoms with Crippen LogP contribution in [0.3, 0.4) is 0 Å². The molecule has 4 heterocycles. The van der Waals surface area contributed by atoms with Crippen LogP contribution in [0.5, 0.6) is 0 Å². The van der Waals surface area contributed by atoms with E-state index in [1.807, 2.05) is 43.3 Å². The van der Waals surface area contributed by atoms with Crippen molar-refractivity contribution in [3.05, 3.63) is 95.7 Å². The summed E-state index contributed by atoms with van der Waals surface area (Å²) < 4.78 is 34.9. The lowest BCUT2D eigenvalue weighted by Crippen LogP contribution is -2.40. The number of H-pyrrole nitrogens is 1. The monoisotopic (exact) mass is 596 g/mol. The topological polar surface area (TPSA) is 136 Å². The molecule has 1 unspecified atom stereocenters. The molecule has 3 N–H and O–H groups in total. The van der Waals surface area contributed by atoms with Gasteiger partial charge in [-0.25, -0.2) is 17.4 Å². The lowest BCUT2D eigenvalue weighted by molar-refractivity contribution is 0.0342. The molecule has 1 atom stereocenters. The predicted molar refractivity (Wildman–Crippen MR) is 165 cm³/mol. The molecule has 0 spiro atoms.